The molecule has 0 spiro atoms. The lowest BCUT2D eigenvalue weighted by Crippen LogP contribution is -2.32. The van der Waals surface area contributed by atoms with Crippen molar-refractivity contribution in [3.8, 4) is 5.75 Å². The number of fused-ring (bicyclic) bond motifs is 5. The average molecular weight is 339 g/mol. The number of rotatable bonds is 7. The van der Waals surface area contributed by atoms with Gasteiger partial charge in [0.05, 0.1) is 24.1 Å². The minimum absolute atomic E-state index is 0.0277. The maximum atomic E-state index is 12.8. The van der Waals surface area contributed by atoms with E-state index >= 15 is 0 Å². The molecule has 1 aliphatic heterocycles. The molecule has 4 heteroatoms. The van der Waals surface area contributed by atoms with Crippen LogP contribution in [-0.2, 0) is 9.59 Å². The topological polar surface area (TPSA) is 46.6 Å². The largest absolute Gasteiger partial charge is 0.494 e. The van der Waals surface area contributed by atoms with Crippen LogP contribution in [-0.4, -0.2) is 18.4 Å². The van der Waals surface area contributed by atoms with Crippen LogP contribution < -0.4 is 9.64 Å². The average Bonchev–Trinajstić information content (AvgIpc) is 3.30. The van der Waals surface area contributed by atoms with Crippen molar-refractivity contribution < 1.29 is 14.3 Å². The number of benzene rings is 1. The molecule has 4 rings (SSSR count). The van der Waals surface area contributed by atoms with E-state index in [1.54, 1.807) is 0 Å². The first-order valence-corrected chi connectivity index (χ1v) is 9.49. The summed E-state index contributed by atoms with van der Waals surface area (Å²) < 4.78 is 5.74. The van der Waals surface area contributed by atoms with Crippen LogP contribution in [0.1, 0.15) is 39.0 Å². The van der Waals surface area contributed by atoms with E-state index in [1.165, 1.54) is 24.2 Å². The SMILES string of the molecule is CCCCCCOc1ccc(N2C(=O)[C@@H]3[C@H](C2=O)[C@H]2C=C[C@H]3C2)cc1. The molecule has 1 aromatic rings. The van der Waals surface area contributed by atoms with Crippen molar-refractivity contribution in [2.75, 3.05) is 11.5 Å². The molecule has 132 valence electrons. The molecule has 1 saturated heterocycles. The molecule has 0 unspecified atom stereocenters. The molecular formula is C21H25NO3. The summed E-state index contributed by atoms with van der Waals surface area (Å²) >= 11 is 0. The van der Waals surface area contributed by atoms with Crippen molar-refractivity contribution >= 4 is 17.5 Å². The zero-order valence-electron chi connectivity index (χ0n) is 14.7. The first kappa shape index (κ1) is 16.4. The molecule has 4 nitrogen and oxygen atoms in total. The quantitative estimate of drug-likeness (QED) is 0.429. The van der Waals surface area contributed by atoms with Crippen molar-refractivity contribution in [2.45, 2.75) is 39.0 Å². The molecule has 2 bridgehead atoms. The fourth-order valence-corrected chi connectivity index (χ4v) is 4.57. The predicted octanol–water partition coefficient (Wildman–Crippen LogP) is 3.96. The lowest BCUT2D eigenvalue weighted by molar-refractivity contribution is -0.123. The molecule has 2 fully saturated rings. The Morgan fingerprint density at radius 2 is 1.60 bits per heavy atom. The summed E-state index contributed by atoms with van der Waals surface area (Å²) in [5.41, 5.74) is 0.669. The maximum Gasteiger partial charge on any atom is 0.238 e. The lowest BCUT2D eigenvalue weighted by atomic mass is 9.85. The van der Waals surface area contributed by atoms with Gasteiger partial charge in [0, 0.05) is 0 Å². The maximum absolute atomic E-state index is 12.8. The molecule has 2 amide bonds. The number of unbranched alkanes of at least 4 members (excludes halogenated alkanes) is 3. The molecule has 3 aliphatic rings. The highest BCUT2D eigenvalue weighted by Crippen LogP contribution is 2.53. The molecule has 0 aromatic heterocycles. The Hall–Kier alpha value is -2.10. The summed E-state index contributed by atoms with van der Waals surface area (Å²) in [6.45, 7) is 2.90. The van der Waals surface area contributed by atoms with Gasteiger partial charge in [0.1, 0.15) is 5.75 Å². The number of nitrogens with zero attached hydrogens (tertiary/aromatic N) is 1. The Kier molecular flexibility index (Phi) is 4.36. The molecule has 4 atom stereocenters. The standard InChI is InChI=1S/C21H25NO3/c1-2-3-4-5-12-25-17-10-8-16(9-11-17)22-20(23)18-14-6-7-15(13-14)19(18)21(22)24/h6-11,14-15,18-19H,2-5,12-13H2,1H3/t14-,15-,18-,19+/m0/s1. The number of carbonyl (C=O) groups excluding carboxylic acids is 2. The van der Waals surface area contributed by atoms with Crippen molar-refractivity contribution in [1.29, 1.82) is 0 Å². The Morgan fingerprint density at radius 3 is 2.20 bits per heavy atom. The van der Waals surface area contributed by atoms with Crippen LogP contribution in [0.3, 0.4) is 0 Å². The first-order chi connectivity index (χ1) is 12.2. The number of amides is 2. The van der Waals surface area contributed by atoms with E-state index in [-0.39, 0.29) is 35.5 Å². The number of hydrogen-bond donors (Lipinski definition) is 0. The van der Waals surface area contributed by atoms with E-state index in [1.807, 2.05) is 24.3 Å². The van der Waals surface area contributed by atoms with E-state index in [4.69, 9.17) is 4.74 Å². The van der Waals surface area contributed by atoms with Crippen LogP contribution in [0, 0.1) is 23.7 Å². The number of hydrogen-bond acceptors (Lipinski definition) is 3. The van der Waals surface area contributed by atoms with Gasteiger partial charge >= 0.3 is 0 Å². The van der Waals surface area contributed by atoms with Gasteiger partial charge in [0.15, 0.2) is 0 Å². The van der Waals surface area contributed by atoms with Gasteiger partial charge in [-0.25, -0.2) is 0 Å². The predicted molar refractivity (Wildman–Crippen MR) is 96.3 cm³/mol. The molecule has 0 N–H and O–H groups in total. The summed E-state index contributed by atoms with van der Waals surface area (Å²) in [6, 6.07) is 7.37. The van der Waals surface area contributed by atoms with Crippen molar-refractivity contribution in [1.82, 2.24) is 0 Å². The second kappa shape index (κ2) is 6.66. The number of imide groups is 1. The van der Waals surface area contributed by atoms with Crippen molar-refractivity contribution in [3.63, 3.8) is 0 Å². The molecule has 1 saturated carbocycles. The van der Waals surface area contributed by atoms with Crippen LogP contribution in [0.2, 0.25) is 0 Å². The molecule has 25 heavy (non-hydrogen) atoms. The highest BCUT2D eigenvalue weighted by molar-refractivity contribution is 6.22. The summed E-state index contributed by atoms with van der Waals surface area (Å²) in [5.74, 6) is 0.958. The van der Waals surface area contributed by atoms with Gasteiger partial charge in [-0.2, -0.15) is 0 Å². The van der Waals surface area contributed by atoms with Crippen LogP contribution >= 0.6 is 0 Å². The summed E-state index contributed by atoms with van der Waals surface area (Å²) in [7, 11) is 0. The van der Waals surface area contributed by atoms with Crippen molar-refractivity contribution in [2.24, 2.45) is 23.7 Å². The second-order valence-electron chi connectivity index (χ2n) is 7.41. The first-order valence-electron chi connectivity index (χ1n) is 9.49. The molecule has 2 aliphatic carbocycles. The van der Waals surface area contributed by atoms with Crippen molar-refractivity contribution in [3.05, 3.63) is 36.4 Å². The third-order valence-electron chi connectivity index (χ3n) is 5.83. The minimum atomic E-state index is -0.142. The Morgan fingerprint density at radius 1 is 0.960 bits per heavy atom. The number of allylic oxidation sites excluding steroid dienone is 2. The third kappa shape index (κ3) is 2.78. The van der Waals surface area contributed by atoms with E-state index in [0.29, 0.717) is 12.3 Å². The van der Waals surface area contributed by atoms with Gasteiger partial charge in [0.2, 0.25) is 11.8 Å². The summed E-state index contributed by atoms with van der Waals surface area (Å²) in [6.07, 6.45) is 9.90. The smallest absolute Gasteiger partial charge is 0.238 e. The fraction of sp³-hybridized carbons (Fsp3) is 0.524. The van der Waals surface area contributed by atoms with Crippen LogP contribution in [0.15, 0.2) is 36.4 Å². The van der Waals surface area contributed by atoms with Gasteiger partial charge in [-0.05, 0) is 48.9 Å². The van der Waals surface area contributed by atoms with Crippen LogP contribution in [0.5, 0.6) is 5.75 Å². The normalized spacial score (nSPS) is 29.6. The molecule has 0 radical (unpaired) electrons. The van der Waals surface area contributed by atoms with E-state index in [0.717, 1.165) is 18.6 Å². The Balaban J connectivity index is 1.41. The number of carbonyl (C=O) groups is 2. The highest BCUT2D eigenvalue weighted by atomic mass is 16.5. The zero-order chi connectivity index (χ0) is 17.4. The van der Waals surface area contributed by atoms with Gasteiger partial charge in [-0.3, -0.25) is 14.5 Å². The summed E-state index contributed by atoms with van der Waals surface area (Å²) in [5, 5.41) is 0. The Labute approximate surface area is 148 Å². The summed E-state index contributed by atoms with van der Waals surface area (Å²) in [4.78, 5) is 27.0. The highest BCUT2D eigenvalue weighted by Gasteiger charge is 2.59. The van der Waals surface area contributed by atoms with Gasteiger partial charge in [-0.15, -0.1) is 0 Å². The third-order valence-corrected chi connectivity index (χ3v) is 5.83. The van der Waals surface area contributed by atoms with E-state index in [2.05, 4.69) is 19.1 Å². The van der Waals surface area contributed by atoms with Crippen LogP contribution in [0.4, 0.5) is 5.69 Å². The second-order valence-corrected chi connectivity index (χ2v) is 7.41. The van der Waals surface area contributed by atoms with E-state index < -0.39 is 0 Å². The van der Waals surface area contributed by atoms with Gasteiger partial charge in [-0.1, -0.05) is 38.3 Å². The lowest BCUT2D eigenvalue weighted by Gasteiger charge is -2.17. The van der Waals surface area contributed by atoms with Gasteiger partial charge < -0.3 is 4.74 Å². The fourth-order valence-electron chi connectivity index (χ4n) is 4.57. The monoisotopic (exact) mass is 339 g/mol. The van der Waals surface area contributed by atoms with Crippen LogP contribution in [0.25, 0.3) is 0 Å². The molecule has 1 aromatic carbocycles. The minimum Gasteiger partial charge on any atom is -0.494 e. The Bertz CT molecular complexity index is 664. The molecule has 1 heterocycles. The van der Waals surface area contributed by atoms with Gasteiger partial charge in [0.25, 0.3) is 0 Å². The number of anilines is 1. The van der Waals surface area contributed by atoms with E-state index in [9.17, 15) is 9.59 Å². The number of ether oxygens (including phenoxy) is 1. The molecular weight excluding hydrogens is 314 g/mol. The zero-order valence-corrected chi connectivity index (χ0v) is 14.7.